The summed E-state index contributed by atoms with van der Waals surface area (Å²) in [5.41, 5.74) is 1.43. The van der Waals surface area contributed by atoms with Gasteiger partial charge < -0.3 is 4.42 Å². The summed E-state index contributed by atoms with van der Waals surface area (Å²) < 4.78 is 5.83. The molecule has 3 aromatic rings. The van der Waals surface area contributed by atoms with Crippen molar-refractivity contribution >= 4 is 40.1 Å². The number of halogens is 1. The molecule has 0 aliphatic carbocycles. The van der Waals surface area contributed by atoms with Crippen LogP contribution in [0.1, 0.15) is 23.2 Å². The van der Waals surface area contributed by atoms with Gasteiger partial charge in [0.2, 0.25) is 6.17 Å². The largest absolute Gasteiger partial charge is 0.462 e. The molecule has 3 heterocycles. The number of fused-ring (bicyclic) bond motifs is 2. The second-order valence-corrected chi connectivity index (χ2v) is 8.27. The van der Waals surface area contributed by atoms with Crippen molar-refractivity contribution in [2.24, 2.45) is 10.1 Å². The summed E-state index contributed by atoms with van der Waals surface area (Å²) in [4.78, 5) is 17.9. The van der Waals surface area contributed by atoms with E-state index in [0.717, 1.165) is 21.9 Å². The number of rotatable bonds is 3. The third-order valence-corrected chi connectivity index (χ3v) is 6.13. The molecule has 1 atom stereocenters. The monoisotopic (exact) mass is 436 g/mol. The fourth-order valence-corrected chi connectivity index (χ4v) is 4.57. The summed E-state index contributed by atoms with van der Waals surface area (Å²) in [5, 5.41) is 11.9. The van der Waals surface area contributed by atoms with Crippen LogP contribution in [-0.2, 0) is 10.5 Å². The number of hydrazone groups is 1. The normalized spacial score (nSPS) is 17.6. The van der Waals surface area contributed by atoms with E-state index in [9.17, 15) is 4.79 Å². The Balaban J connectivity index is 1.56. The van der Waals surface area contributed by atoms with E-state index in [4.69, 9.17) is 26.1 Å². The summed E-state index contributed by atoms with van der Waals surface area (Å²) in [5.74, 6) is 1.77. The summed E-state index contributed by atoms with van der Waals surface area (Å²) in [7, 11) is 0. The highest BCUT2D eigenvalue weighted by atomic mass is 35.5. The first-order chi connectivity index (χ1) is 14.6. The summed E-state index contributed by atoms with van der Waals surface area (Å²) in [6.07, 6.45) is -0.550. The Morgan fingerprint density at radius 2 is 1.93 bits per heavy atom. The van der Waals surface area contributed by atoms with Gasteiger partial charge in [0.15, 0.2) is 10.9 Å². The molecule has 0 radical (unpaired) electrons. The molecule has 1 N–H and O–H groups in total. The molecule has 6 nitrogen and oxygen atoms in total. The Hall–Kier alpha value is -3.03. The maximum absolute atomic E-state index is 13.1. The highest BCUT2D eigenvalue weighted by molar-refractivity contribution is 8.13. The summed E-state index contributed by atoms with van der Waals surface area (Å²) >= 11 is 7.67. The van der Waals surface area contributed by atoms with Gasteiger partial charge in [0, 0.05) is 16.0 Å². The number of hydrogen-bond acceptors (Lipinski definition) is 6. The van der Waals surface area contributed by atoms with Gasteiger partial charge in [0.1, 0.15) is 11.5 Å². The van der Waals surface area contributed by atoms with Crippen LogP contribution in [0, 0.1) is 6.92 Å². The van der Waals surface area contributed by atoms with Crippen LogP contribution in [0.25, 0.3) is 5.70 Å². The lowest BCUT2D eigenvalue weighted by Crippen LogP contribution is -2.50. The SMILES string of the molecule is Cc1ccc([C@H]2N=c3ccccc3=C3C(=O)NC(SCc4ccccc4Cl)=NN32)o1. The number of amidine groups is 1. The number of thioether (sulfide) groups is 1. The van der Waals surface area contributed by atoms with Crippen LogP contribution in [0.15, 0.2) is 75.2 Å². The van der Waals surface area contributed by atoms with Crippen molar-refractivity contribution in [3.05, 3.63) is 93.3 Å². The van der Waals surface area contributed by atoms with Crippen molar-refractivity contribution in [2.75, 3.05) is 0 Å². The van der Waals surface area contributed by atoms with Crippen LogP contribution in [0.4, 0.5) is 0 Å². The van der Waals surface area contributed by atoms with Gasteiger partial charge in [0.05, 0.1) is 5.36 Å². The van der Waals surface area contributed by atoms with Crippen LogP contribution in [0.5, 0.6) is 0 Å². The smallest absolute Gasteiger partial charge is 0.276 e. The quantitative estimate of drug-likeness (QED) is 0.683. The van der Waals surface area contributed by atoms with Crippen molar-refractivity contribution in [3.8, 4) is 0 Å². The van der Waals surface area contributed by atoms with Crippen molar-refractivity contribution in [2.45, 2.75) is 18.8 Å². The average Bonchev–Trinajstić information content (AvgIpc) is 3.18. The molecule has 2 aromatic carbocycles. The van der Waals surface area contributed by atoms with E-state index >= 15 is 0 Å². The Morgan fingerprint density at radius 3 is 2.73 bits per heavy atom. The molecular formula is C22H17ClN4O2S. The summed E-state index contributed by atoms with van der Waals surface area (Å²) in [6, 6.07) is 18.9. The molecule has 0 unspecified atom stereocenters. The Bertz CT molecular complexity index is 1300. The zero-order valence-electron chi connectivity index (χ0n) is 16.0. The van der Waals surface area contributed by atoms with E-state index in [2.05, 4.69) is 5.32 Å². The number of para-hydroxylation sites is 1. The van der Waals surface area contributed by atoms with Gasteiger partial charge in [-0.1, -0.05) is 59.8 Å². The number of amides is 1. The molecule has 8 heteroatoms. The van der Waals surface area contributed by atoms with Crippen LogP contribution >= 0.6 is 23.4 Å². The number of nitrogens with one attached hydrogen (secondary N) is 1. The van der Waals surface area contributed by atoms with Gasteiger partial charge in [-0.2, -0.15) is 0 Å². The molecule has 2 aliphatic rings. The van der Waals surface area contributed by atoms with Crippen LogP contribution in [0.3, 0.4) is 0 Å². The fourth-order valence-electron chi connectivity index (χ4n) is 3.43. The molecule has 0 bridgehead atoms. The minimum atomic E-state index is -0.550. The Morgan fingerprint density at radius 1 is 1.13 bits per heavy atom. The number of aryl methyl sites for hydroxylation is 1. The van der Waals surface area contributed by atoms with Gasteiger partial charge >= 0.3 is 0 Å². The van der Waals surface area contributed by atoms with Crippen molar-refractivity contribution in [1.29, 1.82) is 0 Å². The number of hydrogen-bond donors (Lipinski definition) is 1. The first-order valence-electron chi connectivity index (χ1n) is 9.39. The Labute approximate surface area is 181 Å². The van der Waals surface area contributed by atoms with Gasteiger partial charge in [-0.25, -0.2) is 10.0 Å². The third-order valence-electron chi connectivity index (χ3n) is 4.85. The second-order valence-electron chi connectivity index (χ2n) is 6.90. The summed E-state index contributed by atoms with van der Waals surface area (Å²) in [6.45, 7) is 1.88. The zero-order chi connectivity index (χ0) is 20.7. The molecule has 0 fully saturated rings. The Kier molecular flexibility index (Phi) is 4.84. The lowest BCUT2D eigenvalue weighted by Gasteiger charge is -2.32. The molecule has 1 aromatic heterocycles. The zero-order valence-corrected chi connectivity index (χ0v) is 17.6. The van der Waals surface area contributed by atoms with Gasteiger partial charge in [-0.3, -0.25) is 10.1 Å². The molecule has 0 spiro atoms. The number of nitrogens with zero attached hydrogens (tertiary/aromatic N) is 3. The molecule has 30 heavy (non-hydrogen) atoms. The van der Waals surface area contributed by atoms with Gasteiger partial charge in [-0.05, 0) is 36.8 Å². The number of carbonyl (C=O) groups is 1. The highest BCUT2D eigenvalue weighted by Gasteiger charge is 2.35. The molecule has 1 amide bonds. The molecule has 0 saturated heterocycles. The van der Waals surface area contributed by atoms with Crippen LogP contribution in [0.2, 0.25) is 5.02 Å². The minimum absolute atomic E-state index is 0.220. The lowest BCUT2D eigenvalue weighted by molar-refractivity contribution is -0.116. The average molecular weight is 437 g/mol. The highest BCUT2D eigenvalue weighted by Crippen LogP contribution is 2.32. The van der Waals surface area contributed by atoms with Crippen LogP contribution in [-0.4, -0.2) is 16.1 Å². The number of furan rings is 1. The standard InChI is InChI=1S/C22H17ClN4O2S/c1-13-10-11-18(29-13)20-24-17-9-5-3-7-15(17)19-21(28)25-22(26-27(19)20)30-12-14-6-2-4-8-16(14)23/h2-11,20H,12H2,1H3,(H,25,26,28)/t20-/m0/s1. The predicted octanol–water partition coefficient (Wildman–Crippen LogP) is 3.32. The molecule has 5 rings (SSSR count). The van der Waals surface area contributed by atoms with Crippen molar-refractivity contribution < 1.29 is 9.21 Å². The van der Waals surface area contributed by atoms with E-state index in [1.807, 2.05) is 67.6 Å². The number of carbonyl (C=O) groups excluding carboxylic acids is 1. The topological polar surface area (TPSA) is 70.2 Å². The maximum atomic E-state index is 13.1. The number of benzene rings is 2. The van der Waals surface area contributed by atoms with Gasteiger partial charge in [-0.15, -0.1) is 5.10 Å². The minimum Gasteiger partial charge on any atom is -0.462 e. The van der Waals surface area contributed by atoms with E-state index in [1.165, 1.54) is 11.8 Å². The molecule has 0 saturated carbocycles. The van der Waals surface area contributed by atoms with E-state index < -0.39 is 6.17 Å². The van der Waals surface area contributed by atoms with Crippen LogP contribution < -0.4 is 15.9 Å². The van der Waals surface area contributed by atoms with E-state index in [0.29, 0.717) is 27.4 Å². The predicted molar refractivity (Wildman–Crippen MR) is 117 cm³/mol. The van der Waals surface area contributed by atoms with E-state index in [-0.39, 0.29) is 5.91 Å². The molecule has 150 valence electrons. The molecule has 2 aliphatic heterocycles. The van der Waals surface area contributed by atoms with Crippen molar-refractivity contribution in [3.63, 3.8) is 0 Å². The second kappa shape index (κ2) is 7.66. The third kappa shape index (κ3) is 3.40. The maximum Gasteiger partial charge on any atom is 0.276 e. The van der Waals surface area contributed by atoms with E-state index in [1.54, 1.807) is 5.01 Å². The fraction of sp³-hybridized carbons (Fsp3) is 0.136. The van der Waals surface area contributed by atoms with Crippen molar-refractivity contribution in [1.82, 2.24) is 10.3 Å². The lowest BCUT2D eigenvalue weighted by atomic mass is 10.1. The molecular weight excluding hydrogens is 420 g/mol. The first kappa shape index (κ1) is 19.0. The van der Waals surface area contributed by atoms with Gasteiger partial charge in [0.25, 0.3) is 5.91 Å². The first-order valence-corrected chi connectivity index (χ1v) is 10.8.